The monoisotopic (exact) mass is 400 g/mol. The first-order valence-electron chi connectivity index (χ1n) is 7.03. The molecule has 0 saturated carbocycles. The minimum absolute atomic E-state index is 0. The smallest absolute Gasteiger partial charge is 0.342 e. The molecule has 0 aliphatic rings. The standard InChI is InChI=1S/C8H13Si.2C4H11Si.Y/c1-9(2,3)8-6-4-5-7-8;2*1-5(2,3)4;/h4-7H,1-3H3;2*1H2,2-4H3;/q3*-1;+3. The summed E-state index contributed by atoms with van der Waals surface area (Å²) in [4.78, 5) is 0. The van der Waals surface area contributed by atoms with Crippen molar-refractivity contribution in [3.63, 3.8) is 0 Å². The molecular formula is C16H35Si3Y. The third-order valence-electron chi connectivity index (χ3n) is 1.53. The molecule has 0 aliphatic carbocycles. The zero-order valence-electron chi connectivity index (χ0n) is 15.3. The van der Waals surface area contributed by atoms with Crippen molar-refractivity contribution in [2.24, 2.45) is 0 Å². The molecule has 1 rings (SSSR count). The Balaban J connectivity index is -0.000000230. The molecule has 0 spiro atoms. The molecule has 4 heteroatoms. The molecule has 20 heavy (non-hydrogen) atoms. The van der Waals surface area contributed by atoms with Crippen LogP contribution in [0.5, 0.6) is 0 Å². The molecule has 0 unspecified atom stereocenters. The molecular weight excluding hydrogens is 365 g/mol. The minimum atomic E-state index is -0.981. The van der Waals surface area contributed by atoms with Gasteiger partial charge in [-0.05, 0) is 0 Å². The van der Waals surface area contributed by atoms with E-state index in [1.54, 1.807) is 5.19 Å². The van der Waals surface area contributed by atoms with E-state index in [2.05, 4.69) is 96.3 Å². The quantitative estimate of drug-likeness (QED) is 0.441. The summed E-state index contributed by atoms with van der Waals surface area (Å²) in [6.45, 7) is 28.2. The predicted molar refractivity (Wildman–Crippen MR) is 102 cm³/mol. The molecule has 0 saturated heterocycles. The van der Waals surface area contributed by atoms with E-state index in [9.17, 15) is 0 Å². The van der Waals surface area contributed by atoms with Crippen molar-refractivity contribution in [1.82, 2.24) is 0 Å². The number of rotatable bonds is 1. The summed E-state index contributed by atoms with van der Waals surface area (Å²) in [6.07, 6.45) is 0. The Bertz CT molecular complexity index is 287. The fraction of sp³-hybridized carbons (Fsp3) is 0.562. The molecule has 0 nitrogen and oxygen atoms in total. The van der Waals surface area contributed by atoms with Crippen LogP contribution >= 0.6 is 0 Å². The third-order valence-corrected chi connectivity index (χ3v) is 3.59. The normalized spacial score (nSPS) is 11.3. The summed E-state index contributed by atoms with van der Waals surface area (Å²) < 4.78 is 0. The minimum Gasteiger partial charge on any atom is -0.342 e. The second-order valence-electron chi connectivity index (χ2n) is 8.54. The van der Waals surface area contributed by atoms with Crippen LogP contribution in [0.25, 0.3) is 0 Å². The molecule has 0 aromatic heterocycles. The van der Waals surface area contributed by atoms with Gasteiger partial charge in [0, 0.05) is 8.07 Å². The van der Waals surface area contributed by atoms with Crippen molar-refractivity contribution < 1.29 is 32.7 Å². The Kier molecular flexibility index (Phi) is 14.0. The molecule has 0 atom stereocenters. The van der Waals surface area contributed by atoms with Gasteiger partial charge in [-0.1, -0.05) is 58.9 Å². The van der Waals surface area contributed by atoms with E-state index in [4.69, 9.17) is 0 Å². The number of hydrogen-bond donors (Lipinski definition) is 0. The predicted octanol–water partition coefficient (Wildman–Crippen LogP) is 5.34. The van der Waals surface area contributed by atoms with E-state index in [-0.39, 0.29) is 32.7 Å². The second-order valence-corrected chi connectivity index (χ2v) is 23.9. The van der Waals surface area contributed by atoms with Gasteiger partial charge in [-0.2, -0.15) is 17.3 Å². The molecule has 1 aromatic carbocycles. The van der Waals surface area contributed by atoms with E-state index in [1.165, 1.54) is 0 Å². The fourth-order valence-corrected chi connectivity index (χ4v) is 2.07. The van der Waals surface area contributed by atoms with Gasteiger partial charge in [0.2, 0.25) is 0 Å². The largest absolute Gasteiger partial charge is 3.00 e. The zero-order chi connectivity index (χ0) is 15.9. The van der Waals surface area contributed by atoms with E-state index >= 15 is 0 Å². The number of hydrogen-bond acceptors (Lipinski definition) is 0. The maximum Gasteiger partial charge on any atom is 3.00 e. The van der Waals surface area contributed by atoms with Crippen LogP contribution in [0.4, 0.5) is 0 Å². The summed E-state index contributed by atoms with van der Waals surface area (Å²) in [5, 5.41) is 1.56. The third kappa shape index (κ3) is 31.5. The molecule has 0 heterocycles. The van der Waals surface area contributed by atoms with Gasteiger partial charge in [0.1, 0.15) is 0 Å². The summed E-state index contributed by atoms with van der Waals surface area (Å²) >= 11 is 0. The van der Waals surface area contributed by atoms with E-state index < -0.39 is 24.2 Å². The maximum absolute atomic E-state index is 3.91. The van der Waals surface area contributed by atoms with Crippen LogP contribution in [0.15, 0.2) is 24.3 Å². The van der Waals surface area contributed by atoms with Crippen LogP contribution in [0.2, 0.25) is 58.9 Å². The fourth-order valence-electron chi connectivity index (χ4n) is 0.874. The second kappa shape index (κ2) is 10.8. The summed E-state index contributed by atoms with van der Waals surface area (Å²) in [5.74, 6) is 0. The van der Waals surface area contributed by atoms with E-state index in [1.807, 2.05) is 0 Å². The molecule has 114 valence electrons. The zero-order valence-corrected chi connectivity index (χ0v) is 21.1. The van der Waals surface area contributed by atoms with Gasteiger partial charge < -0.3 is 13.1 Å². The first-order chi connectivity index (χ1) is 8.11. The molecule has 1 aromatic rings. The van der Waals surface area contributed by atoms with E-state index in [0.717, 1.165) is 0 Å². The van der Waals surface area contributed by atoms with Gasteiger partial charge in [-0.15, -0.1) is 16.1 Å². The molecule has 0 N–H and O–H groups in total. The van der Waals surface area contributed by atoms with Crippen molar-refractivity contribution in [1.29, 1.82) is 0 Å². The van der Waals surface area contributed by atoms with Gasteiger partial charge in [0.25, 0.3) is 0 Å². The first kappa shape index (κ1) is 26.0. The van der Waals surface area contributed by atoms with Crippen molar-refractivity contribution in [3.05, 3.63) is 37.4 Å². The van der Waals surface area contributed by atoms with E-state index in [0.29, 0.717) is 0 Å². The average molecular weight is 401 g/mol. The topological polar surface area (TPSA) is 0 Å². The van der Waals surface area contributed by atoms with Gasteiger partial charge in [0.05, 0.1) is 0 Å². The Morgan fingerprint density at radius 1 is 0.650 bits per heavy atom. The Hall–Kier alpha value is 1.10. The summed E-state index contributed by atoms with van der Waals surface area (Å²) in [6, 6.07) is 8.69. The molecule has 0 aliphatic heterocycles. The average Bonchev–Trinajstić information content (AvgIpc) is 2.44. The SMILES string of the molecule is C[Si](C)(C)[c-]1cccc1.[CH2-][Si](C)(C)C.[CH2-][Si](C)(C)C.[Y+3]. The summed E-state index contributed by atoms with van der Waals surface area (Å²) in [5.41, 5.74) is 0. The van der Waals surface area contributed by atoms with Crippen LogP contribution in [0.3, 0.4) is 0 Å². The van der Waals surface area contributed by atoms with Crippen molar-refractivity contribution >= 4 is 29.4 Å². The van der Waals surface area contributed by atoms with Gasteiger partial charge in [-0.25, -0.2) is 12.1 Å². The Labute approximate surface area is 157 Å². The van der Waals surface area contributed by atoms with Crippen LogP contribution in [-0.4, -0.2) is 24.2 Å². The van der Waals surface area contributed by atoms with Crippen LogP contribution in [0.1, 0.15) is 0 Å². The summed E-state index contributed by atoms with van der Waals surface area (Å²) in [7, 11) is -2.70. The molecule has 0 bridgehead atoms. The van der Waals surface area contributed by atoms with Crippen LogP contribution < -0.4 is 5.19 Å². The van der Waals surface area contributed by atoms with Gasteiger partial charge in [-0.3, -0.25) is 0 Å². The van der Waals surface area contributed by atoms with Crippen molar-refractivity contribution in [3.8, 4) is 0 Å². The maximum atomic E-state index is 3.91. The molecule has 0 radical (unpaired) electrons. The van der Waals surface area contributed by atoms with Crippen molar-refractivity contribution in [2.45, 2.75) is 58.9 Å². The Morgan fingerprint density at radius 2 is 0.850 bits per heavy atom. The van der Waals surface area contributed by atoms with Crippen LogP contribution in [0, 0.1) is 13.1 Å². The molecule has 0 fully saturated rings. The van der Waals surface area contributed by atoms with Gasteiger partial charge >= 0.3 is 32.7 Å². The van der Waals surface area contributed by atoms with Gasteiger partial charge in [0.15, 0.2) is 0 Å². The first-order valence-corrected chi connectivity index (χ1v) is 17.9. The Morgan fingerprint density at radius 3 is 0.950 bits per heavy atom. The molecule has 0 amide bonds. The van der Waals surface area contributed by atoms with Crippen LogP contribution in [-0.2, 0) is 32.7 Å². The van der Waals surface area contributed by atoms with Crippen molar-refractivity contribution in [2.75, 3.05) is 0 Å².